The second kappa shape index (κ2) is 9.13. The van der Waals surface area contributed by atoms with Gasteiger partial charge in [0.1, 0.15) is 5.75 Å². The number of hydrogen-bond acceptors (Lipinski definition) is 5. The molecule has 0 unspecified atom stereocenters. The zero-order valence-corrected chi connectivity index (χ0v) is 17.3. The fraction of sp³-hybridized carbons (Fsp3) is 0.167. The molecule has 0 bridgehead atoms. The van der Waals surface area contributed by atoms with E-state index in [0.29, 0.717) is 28.4 Å². The normalized spacial score (nSPS) is 10.3. The number of amides is 1. The molecule has 0 aliphatic rings. The smallest absolute Gasteiger partial charge is 0.343 e. The molecule has 3 rings (SSSR count). The van der Waals surface area contributed by atoms with Crippen molar-refractivity contribution in [2.45, 2.75) is 13.8 Å². The third-order valence-corrected chi connectivity index (χ3v) is 4.59. The summed E-state index contributed by atoms with van der Waals surface area (Å²) in [5.74, 6) is 0.516. The van der Waals surface area contributed by atoms with Gasteiger partial charge in [-0.1, -0.05) is 12.1 Å². The molecule has 3 aromatic carbocycles. The number of nitrogens with one attached hydrogen (secondary N) is 1. The molecular weight excluding hydrogens is 382 g/mol. The van der Waals surface area contributed by atoms with Crippen molar-refractivity contribution < 1.29 is 23.8 Å². The Balaban J connectivity index is 1.69. The Hall–Kier alpha value is -3.80. The third-order valence-electron chi connectivity index (χ3n) is 4.59. The molecule has 0 heterocycles. The average molecular weight is 405 g/mol. The molecule has 0 aliphatic heterocycles. The number of methoxy groups -OCH3 is 2. The molecule has 1 amide bonds. The van der Waals surface area contributed by atoms with Crippen molar-refractivity contribution in [1.29, 1.82) is 0 Å². The van der Waals surface area contributed by atoms with Gasteiger partial charge in [-0.25, -0.2) is 4.79 Å². The predicted molar refractivity (Wildman–Crippen MR) is 115 cm³/mol. The molecule has 0 saturated heterocycles. The Morgan fingerprint density at radius 1 is 0.767 bits per heavy atom. The first kappa shape index (κ1) is 20.9. The molecule has 0 saturated carbocycles. The van der Waals surface area contributed by atoms with E-state index in [0.717, 1.165) is 16.8 Å². The van der Waals surface area contributed by atoms with E-state index in [1.54, 1.807) is 42.5 Å². The summed E-state index contributed by atoms with van der Waals surface area (Å²) in [4.78, 5) is 24.9. The maximum Gasteiger partial charge on any atom is 0.343 e. The highest BCUT2D eigenvalue weighted by Gasteiger charge is 2.14. The summed E-state index contributed by atoms with van der Waals surface area (Å²) < 4.78 is 15.8. The molecule has 6 nitrogen and oxygen atoms in total. The molecule has 0 radical (unpaired) electrons. The molecule has 0 fully saturated rings. The molecule has 30 heavy (non-hydrogen) atoms. The Morgan fingerprint density at radius 3 is 2.10 bits per heavy atom. The average Bonchev–Trinajstić information content (AvgIpc) is 2.76. The van der Waals surface area contributed by atoms with Crippen molar-refractivity contribution in [3.05, 3.63) is 82.9 Å². The van der Waals surface area contributed by atoms with E-state index in [2.05, 4.69) is 5.32 Å². The van der Waals surface area contributed by atoms with Gasteiger partial charge in [0.25, 0.3) is 5.91 Å². The van der Waals surface area contributed by atoms with Crippen LogP contribution in [0.15, 0.2) is 60.7 Å². The second-order valence-electron chi connectivity index (χ2n) is 6.76. The fourth-order valence-corrected chi connectivity index (χ4v) is 2.87. The number of carbonyl (C=O) groups excluding carboxylic acids is 2. The summed E-state index contributed by atoms with van der Waals surface area (Å²) in [5, 5.41) is 2.90. The lowest BCUT2D eigenvalue weighted by molar-refractivity contribution is 0.0734. The minimum atomic E-state index is -0.538. The Labute approximate surface area is 175 Å². The first-order chi connectivity index (χ1) is 14.4. The van der Waals surface area contributed by atoms with Gasteiger partial charge in [-0.2, -0.15) is 0 Å². The van der Waals surface area contributed by atoms with E-state index in [-0.39, 0.29) is 5.91 Å². The van der Waals surface area contributed by atoms with E-state index in [9.17, 15) is 9.59 Å². The first-order valence-corrected chi connectivity index (χ1v) is 9.34. The summed E-state index contributed by atoms with van der Waals surface area (Å²) >= 11 is 0. The lowest BCUT2D eigenvalue weighted by Gasteiger charge is -2.11. The van der Waals surface area contributed by atoms with Crippen LogP contribution in [-0.4, -0.2) is 26.1 Å². The molecule has 0 spiro atoms. The number of anilines is 1. The van der Waals surface area contributed by atoms with Gasteiger partial charge >= 0.3 is 5.97 Å². The lowest BCUT2D eigenvalue weighted by atomic mass is 10.1. The molecule has 1 N–H and O–H groups in total. The maximum absolute atomic E-state index is 12.5. The molecular formula is C24H23NO5. The zero-order valence-electron chi connectivity index (χ0n) is 17.3. The number of esters is 1. The summed E-state index contributed by atoms with van der Waals surface area (Å²) in [6.45, 7) is 3.91. The van der Waals surface area contributed by atoms with Crippen molar-refractivity contribution >= 4 is 17.6 Å². The number of benzene rings is 3. The Morgan fingerprint density at radius 2 is 1.43 bits per heavy atom. The highest BCUT2D eigenvalue weighted by Crippen LogP contribution is 2.28. The van der Waals surface area contributed by atoms with Crippen molar-refractivity contribution in [3.63, 3.8) is 0 Å². The van der Waals surface area contributed by atoms with Crippen molar-refractivity contribution in [3.8, 4) is 17.2 Å². The highest BCUT2D eigenvalue weighted by atomic mass is 16.5. The highest BCUT2D eigenvalue weighted by molar-refractivity contribution is 6.04. The van der Waals surface area contributed by atoms with Crippen LogP contribution in [0, 0.1) is 13.8 Å². The fourth-order valence-electron chi connectivity index (χ4n) is 2.87. The largest absolute Gasteiger partial charge is 0.493 e. The van der Waals surface area contributed by atoms with E-state index >= 15 is 0 Å². The second-order valence-corrected chi connectivity index (χ2v) is 6.76. The number of ether oxygens (including phenoxy) is 3. The van der Waals surface area contributed by atoms with Gasteiger partial charge in [-0.05, 0) is 73.5 Å². The van der Waals surface area contributed by atoms with Crippen LogP contribution in [0.3, 0.4) is 0 Å². The summed E-state index contributed by atoms with van der Waals surface area (Å²) in [6, 6.07) is 17.0. The molecule has 3 aromatic rings. The minimum absolute atomic E-state index is 0.235. The molecule has 154 valence electrons. The van der Waals surface area contributed by atoms with Crippen molar-refractivity contribution in [2.75, 3.05) is 19.5 Å². The topological polar surface area (TPSA) is 73.9 Å². The van der Waals surface area contributed by atoms with E-state index < -0.39 is 5.97 Å². The van der Waals surface area contributed by atoms with E-state index in [1.807, 2.05) is 32.0 Å². The Kier molecular flexibility index (Phi) is 6.37. The summed E-state index contributed by atoms with van der Waals surface area (Å²) in [5.41, 5.74) is 3.60. The monoisotopic (exact) mass is 405 g/mol. The van der Waals surface area contributed by atoms with Gasteiger partial charge in [0, 0.05) is 11.3 Å². The van der Waals surface area contributed by atoms with Gasteiger partial charge in [-0.3, -0.25) is 4.79 Å². The first-order valence-electron chi connectivity index (χ1n) is 9.34. The van der Waals surface area contributed by atoms with Crippen LogP contribution in [0.1, 0.15) is 31.8 Å². The molecule has 0 aliphatic carbocycles. The molecule has 0 atom stereocenters. The van der Waals surface area contributed by atoms with Gasteiger partial charge in [0.15, 0.2) is 11.5 Å². The van der Waals surface area contributed by atoms with Crippen molar-refractivity contribution in [1.82, 2.24) is 0 Å². The van der Waals surface area contributed by atoms with Gasteiger partial charge in [-0.15, -0.1) is 0 Å². The predicted octanol–water partition coefficient (Wildman–Crippen LogP) is 4.79. The SMILES string of the molecule is COc1ccc(C(=O)Oc2ccc(C(=O)Nc3cc(C)ccc3C)cc2)cc1OC. The Bertz CT molecular complexity index is 1070. The van der Waals surface area contributed by atoms with Crippen LogP contribution in [0.5, 0.6) is 17.2 Å². The number of aryl methyl sites for hydroxylation is 2. The van der Waals surface area contributed by atoms with Crippen LogP contribution in [-0.2, 0) is 0 Å². The van der Waals surface area contributed by atoms with E-state index in [4.69, 9.17) is 14.2 Å². The van der Waals surface area contributed by atoms with Crippen LogP contribution in [0.25, 0.3) is 0 Å². The van der Waals surface area contributed by atoms with Crippen LogP contribution in [0.2, 0.25) is 0 Å². The van der Waals surface area contributed by atoms with Gasteiger partial charge in [0.2, 0.25) is 0 Å². The van der Waals surface area contributed by atoms with Gasteiger partial charge in [0.05, 0.1) is 19.8 Å². The number of carbonyl (C=O) groups is 2. The number of rotatable bonds is 6. The standard InChI is InChI=1S/C24H23NO5/c1-15-5-6-16(2)20(13-15)25-23(26)17-7-10-19(11-8-17)30-24(27)18-9-12-21(28-3)22(14-18)29-4/h5-14H,1-4H3,(H,25,26). The van der Waals surface area contributed by atoms with Crippen LogP contribution < -0.4 is 19.5 Å². The lowest BCUT2D eigenvalue weighted by Crippen LogP contribution is -2.13. The third kappa shape index (κ3) is 4.78. The minimum Gasteiger partial charge on any atom is -0.493 e. The quantitative estimate of drug-likeness (QED) is 0.471. The van der Waals surface area contributed by atoms with Crippen LogP contribution >= 0.6 is 0 Å². The summed E-state index contributed by atoms with van der Waals surface area (Å²) in [6.07, 6.45) is 0. The number of hydrogen-bond donors (Lipinski definition) is 1. The van der Waals surface area contributed by atoms with Crippen LogP contribution in [0.4, 0.5) is 5.69 Å². The zero-order chi connectivity index (χ0) is 21.7. The summed E-state index contributed by atoms with van der Waals surface area (Å²) in [7, 11) is 3.02. The molecule has 0 aromatic heterocycles. The molecule has 6 heteroatoms. The van der Waals surface area contributed by atoms with Gasteiger partial charge < -0.3 is 19.5 Å². The van der Waals surface area contributed by atoms with E-state index in [1.165, 1.54) is 14.2 Å². The van der Waals surface area contributed by atoms with Crippen molar-refractivity contribution in [2.24, 2.45) is 0 Å². The maximum atomic E-state index is 12.5.